The molecule has 0 radical (unpaired) electrons. The fourth-order valence-corrected chi connectivity index (χ4v) is 3.46. The smallest absolute Gasteiger partial charge is 0.291 e. The van der Waals surface area contributed by atoms with E-state index in [1.807, 2.05) is 66.2 Å². The molecule has 1 amide bonds. The molecule has 4 aromatic rings. The number of hydrogen-bond acceptors (Lipinski definition) is 5. The molecule has 0 spiro atoms. The normalized spacial score (nSPS) is 12.1. The molecule has 1 unspecified atom stereocenters. The number of ether oxygens (including phenoxy) is 1. The minimum absolute atomic E-state index is 0.117. The van der Waals surface area contributed by atoms with Crippen LogP contribution in [0.15, 0.2) is 71.1 Å². The van der Waals surface area contributed by atoms with Crippen LogP contribution < -0.4 is 10.1 Å². The zero-order chi connectivity index (χ0) is 21.6. The molecule has 0 saturated heterocycles. The van der Waals surface area contributed by atoms with E-state index in [1.54, 1.807) is 12.1 Å². The number of aliphatic hydroxyl groups excluding tert-OH is 1. The number of amides is 1. The van der Waals surface area contributed by atoms with Crippen LogP contribution in [0.2, 0.25) is 0 Å². The third-order valence-electron chi connectivity index (χ3n) is 4.99. The van der Waals surface area contributed by atoms with Crippen molar-refractivity contribution in [3.05, 3.63) is 78.1 Å². The van der Waals surface area contributed by atoms with Crippen molar-refractivity contribution in [3.63, 3.8) is 0 Å². The minimum Gasteiger partial charge on any atom is -0.420 e. The number of aromatic nitrogens is 2. The zero-order valence-electron chi connectivity index (χ0n) is 17.3. The van der Waals surface area contributed by atoms with E-state index in [4.69, 9.17) is 9.15 Å². The Balaban J connectivity index is 1.53. The van der Waals surface area contributed by atoms with E-state index in [0.717, 1.165) is 22.9 Å². The van der Waals surface area contributed by atoms with Gasteiger partial charge in [0.05, 0.1) is 30.1 Å². The van der Waals surface area contributed by atoms with Crippen LogP contribution >= 0.6 is 0 Å². The van der Waals surface area contributed by atoms with Crippen molar-refractivity contribution in [1.82, 2.24) is 15.1 Å². The lowest BCUT2D eigenvalue weighted by Gasteiger charge is -2.13. The van der Waals surface area contributed by atoms with Crippen LogP contribution in [-0.2, 0) is 6.54 Å². The summed E-state index contributed by atoms with van der Waals surface area (Å²) in [6.45, 7) is 2.49. The highest BCUT2D eigenvalue weighted by Gasteiger charge is 2.18. The summed E-state index contributed by atoms with van der Waals surface area (Å²) in [7, 11) is 0. The molecule has 31 heavy (non-hydrogen) atoms. The monoisotopic (exact) mass is 419 g/mol. The van der Waals surface area contributed by atoms with Crippen LogP contribution in [0.25, 0.3) is 10.9 Å². The third-order valence-corrected chi connectivity index (χ3v) is 4.99. The number of hydrogen-bond donors (Lipinski definition) is 2. The molecule has 0 aliphatic heterocycles. The van der Waals surface area contributed by atoms with Crippen molar-refractivity contribution in [2.24, 2.45) is 0 Å². The Hall–Kier alpha value is -3.58. The van der Waals surface area contributed by atoms with E-state index in [2.05, 4.69) is 10.4 Å². The van der Waals surface area contributed by atoms with Crippen LogP contribution in [0.5, 0.6) is 11.8 Å². The van der Waals surface area contributed by atoms with Crippen molar-refractivity contribution in [2.45, 2.75) is 32.4 Å². The van der Waals surface area contributed by atoms with E-state index in [1.165, 1.54) is 0 Å². The Morgan fingerprint density at radius 2 is 1.90 bits per heavy atom. The van der Waals surface area contributed by atoms with Crippen molar-refractivity contribution in [2.75, 3.05) is 6.61 Å². The number of carbonyl (C=O) groups excluding carboxylic acids is 1. The average molecular weight is 419 g/mol. The van der Waals surface area contributed by atoms with Gasteiger partial charge >= 0.3 is 0 Å². The summed E-state index contributed by atoms with van der Waals surface area (Å²) < 4.78 is 13.4. The molecule has 4 rings (SSSR count). The van der Waals surface area contributed by atoms with Gasteiger partial charge in [-0.25, -0.2) is 0 Å². The highest BCUT2D eigenvalue weighted by molar-refractivity contribution is 5.91. The van der Waals surface area contributed by atoms with Gasteiger partial charge in [0.2, 0.25) is 5.88 Å². The number of carbonyl (C=O) groups is 1. The molecular weight excluding hydrogens is 394 g/mol. The van der Waals surface area contributed by atoms with Crippen LogP contribution in [0.1, 0.15) is 35.9 Å². The van der Waals surface area contributed by atoms with Gasteiger partial charge in [0, 0.05) is 6.07 Å². The zero-order valence-corrected chi connectivity index (χ0v) is 17.3. The molecule has 2 aromatic carbocycles. The second-order valence-corrected chi connectivity index (χ2v) is 7.33. The number of fused-ring (bicyclic) bond motifs is 1. The van der Waals surface area contributed by atoms with Crippen molar-refractivity contribution < 1.29 is 19.1 Å². The SMILES string of the molecule is CCCC(CO)NC(=O)c1ccc(Oc2nn(Cc3ccccc3)c3ccccc23)o1. The summed E-state index contributed by atoms with van der Waals surface area (Å²) in [4.78, 5) is 12.4. The molecule has 7 nitrogen and oxygen atoms in total. The molecule has 0 aliphatic carbocycles. The lowest BCUT2D eigenvalue weighted by atomic mass is 10.2. The van der Waals surface area contributed by atoms with Crippen molar-refractivity contribution in [1.29, 1.82) is 0 Å². The second kappa shape index (κ2) is 9.49. The van der Waals surface area contributed by atoms with Gasteiger partial charge in [-0.1, -0.05) is 55.8 Å². The van der Waals surface area contributed by atoms with Gasteiger partial charge in [0.25, 0.3) is 11.9 Å². The molecule has 2 aromatic heterocycles. The van der Waals surface area contributed by atoms with Gasteiger partial charge in [-0.05, 0) is 30.2 Å². The molecule has 2 heterocycles. The maximum Gasteiger partial charge on any atom is 0.291 e. The number of nitrogens with one attached hydrogen (secondary N) is 1. The summed E-state index contributed by atoms with van der Waals surface area (Å²) in [5.41, 5.74) is 2.07. The van der Waals surface area contributed by atoms with Crippen LogP contribution in [0.4, 0.5) is 0 Å². The number of para-hydroxylation sites is 1. The lowest BCUT2D eigenvalue weighted by Crippen LogP contribution is -2.37. The van der Waals surface area contributed by atoms with Gasteiger partial charge in [-0.15, -0.1) is 5.10 Å². The molecule has 0 bridgehead atoms. The average Bonchev–Trinajstić information content (AvgIpc) is 3.40. The first-order chi connectivity index (χ1) is 15.2. The molecular formula is C24H25N3O4. The predicted molar refractivity (Wildman–Crippen MR) is 117 cm³/mol. The Kier molecular flexibility index (Phi) is 6.33. The van der Waals surface area contributed by atoms with Crippen LogP contribution in [0.3, 0.4) is 0 Å². The van der Waals surface area contributed by atoms with E-state index in [9.17, 15) is 9.90 Å². The highest BCUT2D eigenvalue weighted by Crippen LogP contribution is 2.30. The van der Waals surface area contributed by atoms with E-state index < -0.39 is 0 Å². The lowest BCUT2D eigenvalue weighted by molar-refractivity contribution is 0.0880. The molecule has 0 saturated carbocycles. The van der Waals surface area contributed by atoms with Gasteiger partial charge in [-0.2, -0.15) is 0 Å². The van der Waals surface area contributed by atoms with E-state index >= 15 is 0 Å². The highest BCUT2D eigenvalue weighted by atomic mass is 16.6. The van der Waals surface area contributed by atoms with E-state index in [0.29, 0.717) is 18.8 Å². The second-order valence-electron chi connectivity index (χ2n) is 7.33. The number of furan rings is 1. The predicted octanol–water partition coefficient (Wildman–Crippen LogP) is 4.36. The summed E-state index contributed by atoms with van der Waals surface area (Å²) in [6, 6.07) is 20.7. The molecule has 0 fully saturated rings. The number of aliphatic hydroxyl groups is 1. The molecule has 1 atom stereocenters. The van der Waals surface area contributed by atoms with Gasteiger partial charge < -0.3 is 19.6 Å². The Labute approximate surface area is 180 Å². The summed E-state index contributed by atoms with van der Waals surface area (Å²) in [6.07, 6.45) is 1.55. The number of benzene rings is 2. The molecule has 160 valence electrons. The summed E-state index contributed by atoms with van der Waals surface area (Å²) >= 11 is 0. The van der Waals surface area contributed by atoms with Gasteiger partial charge in [-0.3, -0.25) is 9.48 Å². The largest absolute Gasteiger partial charge is 0.420 e. The van der Waals surface area contributed by atoms with Gasteiger partial charge in [0.15, 0.2) is 5.76 Å². The summed E-state index contributed by atoms with van der Waals surface area (Å²) in [5.74, 6) is 0.322. The van der Waals surface area contributed by atoms with Crippen LogP contribution in [-0.4, -0.2) is 33.4 Å². The fourth-order valence-electron chi connectivity index (χ4n) is 3.46. The molecule has 0 aliphatic rings. The van der Waals surface area contributed by atoms with Gasteiger partial charge in [0.1, 0.15) is 0 Å². The van der Waals surface area contributed by atoms with E-state index in [-0.39, 0.29) is 30.3 Å². The van der Waals surface area contributed by atoms with Crippen LogP contribution in [0, 0.1) is 0 Å². The topological polar surface area (TPSA) is 89.5 Å². The maximum absolute atomic E-state index is 12.4. The number of rotatable bonds is 9. The maximum atomic E-state index is 12.4. The first kappa shape index (κ1) is 20.7. The first-order valence-corrected chi connectivity index (χ1v) is 10.4. The fraction of sp³-hybridized carbons (Fsp3) is 0.250. The van der Waals surface area contributed by atoms with Crippen molar-refractivity contribution in [3.8, 4) is 11.8 Å². The minimum atomic E-state index is -0.387. The Morgan fingerprint density at radius 1 is 1.13 bits per heavy atom. The third kappa shape index (κ3) is 4.78. The summed E-state index contributed by atoms with van der Waals surface area (Å²) in [5, 5.41) is 17.6. The quantitative estimate of drug-likeness (QED) is 0.421. The molecule has 7 heteroatoms. The Morgan fingerprint density at radius 3 is 2.68 bits per heavy atom. The van der Waals surface area contributed by atoms with Crippen molar-refractivity contribution >= 4 is 16.8 Å². The molecule has 2 N–H and O–H groups in total. The number of nitrogens with zero attached hydrogens (tertiary/aromatic N) is 2. The Bertz CT molecular complexity index is 1150. The standard InChI is InChI=1S/C24H25N3O4/c1-2-8-18(16-28)25-23(29)21-13-14-22(30-21)31-24-19-11-6-7-12-20(19)27(26-24)15-17-9-4-3-5-10-17/h3-7,9-14,18,28H,2,8,15-16H2,1H3,(H,25,29). The first-order valence-electron chi connectivity index (χ1n) is 10.4.